The molecule has 138 valence electrons. The van der Waals surface area contributed by atoms with Crippen LogP contribution in [-0.2, 0) is 4.79 Å². The Morgan fingerprint density at radius 3 is 2.72 bits per heavy atom. The van der Waals surface area contributed by atoms with Crippen LogP contribution in [0.25, 0.3) is 5.65 Å². The van der Waals surface area contributed by atoms with Gasteiger partial charge in [-0.1, -0.05) is 11.6 Å². The first kappa shape index (κ1) is 19.2. The van der Waals surface area contributed by atoms with Crippen LogP contribution in [0.5, 0.6) is 5.75 Å². The fourth-order valence-electron chi connectivity index (χ4n) is 1.80. The Balaban J connectivity index is 1.88. The number of carbonyl (C=O) groups is 1. The molecule has 0 radical (unpaired) electrons. The average molecular weight is 387 g/mol. The Morgan fingerprint density at radius 2 is 2.04 bits per heavy atom. The van der Waals surface area contributed by atoms with E-state index in [9.17, 15) is 26.7 Å². The maximum Gasteiger partial charge on any atom is 0.405 e. The van der Waals surface area contributed by atoms with Crippen LogP contribution in [0.2, 0.25) is 5.15 Å². The highest BCUT2D eigenvalue weighted by atomic mass is 35.5. The number of nitrogens with zero attached hydrogens (tertiary/aromatic N) is 3. The van der Waals surface area contributed by atoms with Gasteiger partial charge in [0.25, 0.3) is 5.92 Å². The first-order valence-corrected chi connectivity index (χ1v) is 7.27. The number of hydrogen-bond acceptors (Lipinski definition) is 4. The Hall–Kier alpha value is -2.17. The van der Waals surface area contributed by atoms with E-state index in [4.69, 9.17) is 16.3 Å². The van der Waals surface area contributed by atoms with Crippen molar-refractivity contribution in [1.82, 2.24) is 19.9 Å². The summed E-state index contributed by atoms with van der Waals surface area (Å²) < 4.78 is 69.5. The summed E-state index contributed by atoms with van der Waals surface area (Å²) in [5, 5.41) is 5.36. The number of nitrogens with one attached hydrogen (secondary N) is 1. The molecular weight excluding hydrogens is 375 g/mol. The number of hydrogen-bond donors (Lipinski definition) is 1. The molecule has 1 amide bonds. The summed E-state index contributed by atoms with van der Waals surface area (Å²) in [5.41, 5.74) is 0.170. The lowest BCUT2D eigenvalue weighted by Crippen LogP contribution is -2.35. The number of fused-ring (bicyclic) bond motifs is 1. The molecule has 2 aromatic rings. The van der Waals surface area contributed by atoms with E-state index >= 15 is 0 Å². The number of imidazole rings is 1. The van der Waals surface area contributed by atoms with Gasteiger partial charge in [0.2, 0.25) is 5.91 Å². The predicted octanol–water partition coefficient (Wildman–Crippen LogP) is 2.86. The Labute approximate surface area is 142 Å². The second-order valence-electron chi connectivity index (χ2n) is 5.06. The molecule has 0 aliphatic heterocycles. The Bertz CT molecular complexity index is 750. The van der Waals surface area contributed by atoms with Crippen molar-refractivity contribution in [3.8, 4) is 5.75 Å². The van der Waals surface area contributed by atoms with Gasteiger partial charge in [-0.15, -0.1) is 0 Å². The topological polar surface area (TPSA) is 68.5 Å². The molecule has 12 heteroatoms. The maximum atomic E-state index is 13.8. The van der Waals surface area contributed by atoms with Crippen LogP contribution in [-0.4, -0.2) is 45.8 Å². The van der Waals surface area contributed by atoms with Crippen molar-refractivity contribution < 1.29 is 31.5 Å². The number of aromatic nitrogens is 3. The minimum atomic E-state index is -4.60. The third-order valence-electron chi connectivity index (χ3n) is 2.94. The molecule has 0 aliphatic carbocycles. The molecule has 0 saturated heterocycles. The molecule has 0 fully saturated rings. The zero-order valence-electron chi connectivity index (χ0n) is 12.5. The van der Waals surface area contributed by atoms with E-state index in [1.807, 2.05) is 0 Å². The molecule has 0 aromatic carbocycles. The molecule has 0 bridgehead atoms. The second kappa shape index (κ2) is 7.38. The minimum Gasteiger partial charge on any atom is -0.483 e. The molecule has 25 heavy (non-hydrogen) atoms. The number of amides is 1. The second-order valence-corrected chi connectivity index (χ2v) is 5.45. The van der Waals surface area contributed by atoms with Gasteiger partial charge in [0.05, 0.1) is 0 Å². The lowest BCUT2D eigenvalue weighted by molar-refractivity contribution is -0.139. The SMILES string of the molecule is O=C(CCC(F)(F)COc1cc(Cl)nn2ccnc12)NCC(F)(F)F. The van der Waals surface area contributed by atoms with Crippen molar-refractivity contribution in [2.24, 2.45) is 0 Å². The number of halogens is 6. The van der Waals surface area contributed by atoms with E-state index in [2.05, 4.69) is 10.1 Å². The molecular formula is C13H12ClF5N4O2. The number of ether oxygens (including phenoxy) is 1. The normalized spacial score (nSPS) is 12.4. The van der Waals surface area contributed by atoms with Crippen LogP contribution in [0.3, 0.4) is 0 Å². The van der Waals surface area contributed by atoms with Crippen molar-refractivity contribution >= 4 is 23.2 Å². The van der Waals surface area contributed by atoms with E-state index in [1.54, 1.807) is 0 Å². The van der Waals surface area contributed by atoms with E-state index in [1.165, 1.54) is 28.3 Å². The van der Waals surface area contributed by atoms with Crippen LogP contribution < -0.4 is 10.1 Å². The molecule has 2 aromatic heterocycles. The van der Waals surface area contributed by atoms with Gasteiger partial charge in [-0.3, -0.25) is 4.79 Å². The molecule has 0 saturated carbocycles. The van der Waals surface area contributed by atoms with Crippen LogP contribution in [0, 0.1) is 0 Å². The molecule has 6 nitrogen and oxygen atoms in total. The van der Waals surface area contributed by atoms with E-state index in [0.717, 1.165) is 0 Å². The summed E-state index contributed by atoms with van der Waals surface area (Å²) >= 11 is 5.73. The third kappa shape index (κ3) is 6.00. The monoisotopic (exact) mass is 386 g/mol. The van der Waals surface area contributed by atoms with Crippen LogP contribution in [0.15, 0.2) is 18.5 Å². The van der Waals surface area contributed by atoms with Gasteiger partial charge in [0.15, 0.2) is 23.2 Å². The molecule has 0 atom stereocenters. The molecule has 0 spiro atoms. The Morgan fingerprint density at radius 1 is 1.32 bits per heavy atom. The number of rotatable bonds is 7. The van der Waals surface area contributed by atoms with Crippen LogP contribution >= 0.6 is 11.6 Å². The fraction of sp³-hybridized carbons (Fsp3) is 0.462. The third-order valence-corrected chi connectivity index (χ3v) is 3.12. The van der Waals surface area contributed by atoms with Crippen molar-refractivity contribution in [3.63, 3.8) is 0 Å². The van der Waals surface area contributed by atoms with Gasteiger partial charge in [-0.25, -0.2) is 18.3 Å². The van der Waals surface area contributed by atoms with Crippen molar-refractivity contribution in [2.45, 2.75) is 24.9 Å². The number of carbonyl (C=O) groups excluding carboxylic acids is 1. The largest absolute Gasteiger partial charge is 0.483 e. The van der Waals surface area contributed by atoms with Crippen molar-refractivity contribution in [2.75, 3.05) is 13.2 Å². The van der Waals surface area contributed by atoms with Crippen LogP contribution in [0.4, 0.5) is 22.0 Å². The maximum absolute atomic E-state index is 13.8. The van der Waals surface area contributed by atoms with Gasteiger partial charge in [0, 0.05) is 31.3 Å². The highest BCUT2D eigenvalue weighted by Gasteiger charge is 2.32. The highest BCUT2D eigenvalue weighted by Crippen LogP contribution is 2.26. The van der Waals surface area contributed by atoms with Crippen molar-refractivity contribution in [1.29, 1.82) is 0 Å². The summed E-state index contributed by atoms with van der Waals surface area (Å²) in [7, 11) is 0. The smallest absolute Gasteiger partial charge is 0.405 e. The molecule has 0 unspecified atom stereocenters. The summed E-state index contributed by atoms with van der Waals surface area (Å²) in [4.78, 5) is 15.1. The quantitative estimate of drug-likeness (QED) is 0.743. The van der Waals surface area contributed by atoms with E-state index in [-0.39, 0.29) is 16.5 Å². The Kier molecular flexibility index (Phi) is 5.65. The first-order valence-electron chi connectivity index (χ1n) is 6.90. The first-order chi connectivity index (χ1) is 11.6. The summed E-state index contributed by atoms with van der Waals surface area (Å²) in [6.45, 7) is -2.66. The summed E-state index contributed by atoms with van der Waals surface area (Å²) in [6.07, 6.45) is -3.54. The highest BCUT2D eigenvalue weighted by molar-refractivity contribution is 6.29. The van der Waals surface area contributed by atoms with Crippen LogP contribution in [0.1, 0.15) is 12.8 Å². The molecule has 0 aliphatic rings. The standard InChI is InChI=1S/C13H12ClF5N4O2/c14-9-5-8(11-20-3-4-23(11)22-9)25-7-12(15,16)2-1-10(24)21-6-13(17,18)19/h3-5H,1-2,6-7H2,(H,21,24). The zero-order valence-corrected chi connectivity index (χ0v) is 13.2. The lowest BCUT2D eigenvalue weighted by Gasteiger charge is -2.17. The number of alkyl halides is 5. The van der Waals surface area contributed by atoms with Gasteiger partial charge in [-0.05, 0) is 0 Å². The van der Waals surface area contributed by atoms with Gasteiger partial charge in [-0.2, -0.15) is 18.3 Å². The van der Waals surface area contributed by atoms with Gasteiger partial charge in [0.1, 0.15) is 6.54 Å². The van der Waals surface area contributed by atoms with Crippen molar-refractivity contribution in [3.05, 3.63) is 23.6 Å². The lowest BCUT2D eigenvalue weighted by atomic mass is 10.2. The summed E-state index contributed by atoms with van der Waals surface area (Å²) in [5.74, 6) is -4.60. The minimum absolute atomic E-state index is 0.00431. The summed E-state index contributed by atoms with van der Waals surface area (Å²) in [6, 6.07) is 1.20. The zero-order chi connectivity index (χ0) is 18.7. The molecule has 2 heterocycles. The van der Waals surface area contributed by atoms with E-state index in [0.29, 0.717) is 0 Å². The molecule has 2 rings (SSSR count). The fourth-order valence-corrected chi connectivity index (χ4v) is 1.98. The average Bonchev–Trinajstić information content (AvgIpc) is 2.96. The molecule has 1 N–H and O–H groups in total. The predicted molar refractivity (Wildman–Crippen MR) is 76.7 cm³/mol. The van der Waals surface area contributed by atoms with Gasteiger partial charge >= 0.3 is 6.18 Å². The van der Waals surface area contributed by atoms with Gasteiger partial charge < -0.3 is 10.1 Å². The van der Waals surface area contributed by atoms with E-state index < -0.39 is 44.0 Å².